The molecular weight excluding hydrogens is 438 g/mol. The number of oxime groups is 1. The van der Waals surface area contributed by atoms with E-state index in [9.17, 15) is 14.4 Å². The van der Waals surface area contributed by atoms with Crippen LogP contribution < -0.4 is 16.4 Å². The third-order valence-electron chi connectivity index (χ3n) is 6.59. The number of carbonyl (C=O) groups is 3. The van der Waals surface area contributed by atoms with Crippen LogP contribution >= 0.6 is 0 Å². The molecule has 2 aliphatic rings. The van der Waals surface area contributed by atoms with Gasteiger partial charge in [-0.2, -0.15) is 0 Å². The van der Waals surface area contributed by atoms with Gasteiger partial charge in [-0.25, -0.2) is 0 Å². The first-order valence-electron chi connectivity index (χ1n) is 12.0. The molecule has 10 nitrogen and oxygen atoms in total. The van der Waals surface area contributed by atoms with Crippen LogP contribution in [0.5, 0.6) is 0 Å². The minimum atomic E-state index is -0.514. The molecule has 2 atom stereocenters. The molecule has 1 aliphatic heterocycles. The zero-order valence-electron chi connectivity index (χ0n) is 19.7. The minimum absolute atomic E-state index is 0.0169. The topological polar surface area (TPSA) is 146 Å². The number of carbonyl (C=O) groups excluding carboxylic acids is 3. The van der Waals surface area contributed by atoms with Gasteiger partial charge < -0.3 is 25.9 Å². The third-order valence-corrected chi connectivity index (χ3v) is 6.59. The van der Waals surface area contributed by atoms with Gasteiger partial charge in [0, 0.05) is 18.7 Å². The molecule has 1 heterocycles. The van der Waals surface area contributed by atoms with Crippen LogP contribution in [0.3, 0.4) is 0 Å². The lowest BCUT2D eigenvalue weighted by molar-refractivity contribution is -0.151. The number of amidine groups is 1. The number of nitrogens with one attached hydrogen (secondary N) is 2. The van der Waals surface area contributed by atoms with Crippen molar-refractivity contribution in [3.63, 3.8) is 0 Å². The fraction of sp³-hybridized carbons (Fsp3) is 0.583. The zero-order chi connectivity index (χ0) is 24.5. The zero-order valence-corrected chi connectivity index (χ0v) is 19.7. The van der Waals surface area contributed by atoms with E-state index in [4.69, 9.17) is 15.7 Å². The van der Waals surface area contributed by atoms with E-state index in [1.165, 1.54) is 0 Å². The molecule has 5 N–H and O–H groups in total. The maximum atomic E-state index is 13.4. The second-order valence-corrected chi connectivity index (χ2v) is 8.80. The van der Waals surface area contributed by atoms with Gasteiger partial charge in [-0.15, -0.1) is 0 Å². The van der Waals surface area contributed by atoms with Crippen molar-refractivity contribution in [2.45, 2.75) is 64.1 Å². The maximum Gasteiger partial charge on any atom is 0.319 e. The number of hydrogen-bond donors (Lipinski definition) is 4. The molecule has 1 saturated carbocycles. The highest BCUT2D eigenvalue weighted by molar-refractivity contribution is 5.97. The van der Waals surface area contributed by atoms with Crippen molar-refractivity contribution in [1.82, 2.24) is 15.5 Å². The molecule has 34 heavy (non-hydrogen) atoms. The van der Waals surface area contributed by atoms with Crippen molar-refractivity contribution < 1.29 is 24.3 Å². The van der Waals surface area contributed by atoms with Crippen LogP contribution in [0.1, 0.15) is 56.6 Å². The van der Waals surface area contributed by atoms with Gasteiger partial charge in [0.15, 0.2) is 5.84 Å². The predicted molar refractivity (Wildman–Crippen MR) is 126 cm³/mol. The largest absolute Gasteiger partial charge is 0.465 e. The number of nitrogens with two attached hydrogens (primary N) is 1. The smallest absolute Gasteiger partial charge is 0.319 e. The van der Waals surface area contributed by atoms with Gasteiger partial charge in [0.2, 0.25) is 11.8 Å². The number of likely N-dealkylation sites (tertiary alicyclic amines) is 1. The van der Waals surface area contributed by atoms with Gasteiger partial charge in [0.05, 0.1) is 19.2 Å². The average Bonchev–Trinajstić information content (AvgIpc) is 2.83. The highest BCUT2D eigenvalue weighted by Gasteiger charge is 2.42. The Labute approximate surface area is 199 Å². The summed E-state index contributed by atoms with van der Waals surface area (Å²) < 4.78 is 5.00. The fourth-order valence-electron chi connectivity index (χ4n) is 4.59. The van der Waals surface area contributed by atoms with Crippen LogP contribution in [0.15, 0.2) is 29.4 Å². The number of rotatable bonds is 10. The molecule has 2 fully saturated rings. The Kier molecular flexibility index (Phi) is 9.26. The molecule has 1 unspecified atom stereocenters. The standard InChI is InChI=1S/C24H35N5O5/c1-2-34-20(30)15-26-21(17-6-4-3-5-7-17)24(32)29-13-12-19(29)23(31)27-14-16-8-10-18(11-9-16)22(25)28-33/h8-11,17,19,21,26,33H,2-7,12-15H2,1H3,(H2,25,28)(H,27,31)/t19-,21?/m0/s1. The summed E-state index contributed by atoms with van der Waals surface area (Å²) in [5, 5.41) is 17.7. The monoisotopic (exact) mass is 473 g/mol. The van der Waals surface area contributed by atoms with E-state index in [0.29, 0.717) is 31.7 Å². The Hall–Kier alpha value is -3.14. The number of ether oxygens (including phenoxy) is 1. The van der Waals surface area contributed by atoms with E-state index in [-0.39, 0.29) is 36.1 Å². The van der Waals surface area contributed by atoms with Crippen LogP contribution in [0.25, 0.3) is 0 Å². The molecule has 1 aromatic rings. The lowest BCUT2D eigenvalue weighted by Crippen LogP contribution is -2.63. The highest BCUT2D eigenvalue weighted by Crippen LogP contribution is 2.29. The summed E-state index contributed by atoms with van der Waals surface area (Å²) >= 11 is 0. The summed E-state index contributed by atoms with van der Waals surface area (Å²) in [7, 11) is 0. The summed E-state index contributed by atoms with van der Waals surface area (Å²) in [5.74, 6) is -0.539. The molecule has 1 aromatic carbocycles. The number of esters is 1. The summed E-state index contributed by atoms with van der Waals surface area (Å²) in [6.45, 7) is 2.85. The summed E-state index contributed by atoms with van der Waals surface area (Å²) in [6.07, 6.45) is 5.75. The first-order valence-corrected chi connectivity index (χ1v) is 12.0. The first-order chi connectivity index (χ1) is 16.4. The molecule has 1 saturated heterocycles. The van der Waals surface area contributed by atoms with Gasteiger partial charge in [0.1, 0.15) is 6.04 Å². The maximum absolute atomic E-state index is 13.4. The Morgan fingerprint density at radius 1 is 1.18 bits per heavy atom. The molecule has 10 heteroatoms. The van der Waals surface area contributed by atoms with Crippen LogP contribution in [0.4, 0.5) is 0 Å². The van der Waals surface area contributed by atoms with Crippen molar-refractivity contribution in [1.29, 1.82) is 0 Å². The van der Waals surface area contributed by atoms with E-state index in [0.717, 1.165) is 37.7 Å². The normalized spacial score (nSPS) is 19.7. The number of amides is 2. The van der Waals surface area contributed by atoms with Crippen molar-refractivity contribution in [3.8, 4) is 0 Å². The van der Waals surface area contributed by atoms with Crippen LogP contribution in [0, 0.1) is 5.92 Å². The van der Waals surface area contributed by atoms with Crippen LogP contribution in [-0.2, 0) is 25.7 Å². The first kappa shape index (κ1) is 25.5. The number of hydrogen-bond acceptors (Lipinski definition) is 7. The Morgan fingerprint density at radius 2 is 1.88 bits per heavy atom. The highest BCUT2D eigenvalue weighted by atomic mass is 16.5. The van der Waals surface area contributed by atoms with Gasteiger partial charge in [-0.3, -0.25) is 19.7 Å². The van der Waals surface area contributed by atoms with Gasteiger partial charge in [0.25, 0.3) is 0 Å². The third kappa shape index (κ3) is 6.47. The fourth-order valence-corrected chi connectivity index (χ4v) is 4.59. The molecule has 1 aliphatic carbocycles. The van der Waals surface area contributed by atoms with E-state index < -0.39 is 12.1 Å². The van der Waals surface area contributed by atoms with E-state index in [1.807, 2.05) is 0 Å². The van der Waals surface area contributed by atoms with E-state index in [1.54, 1.807) is 36.1 Å². The Morgan fingerprint density at radius 3 is 2.47 bits per heavy atom. The Balaban J connectivity index is 1.58. The Bertz CT molecular complexity index is 882. The van der Waals surface area contributed by atoms with E-state index >= 15 is 0 Å². The lowest BCUT2D eigenvalue weighted by atomic mass is 9.82. The molecule has 3 rings (SSSR count). The minimum Gasteiger partial charge on any atom is -0.465 e. The van der Waals surface area contributed by atoms with Gasteiger partial charge in [-0.05, 0) is 37.7 Å². The van der Waals surface area contributed by atoms with Gasteiger partial charge in [-0.1, -0.05) is 48.7 Å². The van der Waals surface area contributed by atoms with Crippen LogP contribution in [0.2, 0.25) is 0 Å². The molecule has 0 spiro atoms. The molecule has 2 amide bonds. The van der Waals surface area contributed by atoms with Crippen molar-refractivity contribution in [2.24, 2.45) is 16.8 Å². The quantitative estimate of drug-likeness (QED) is 0.131. The second-order valence-electron chi connectivity index (χ2n) is 8.80. The number of nitrogens with zero attached hydrogens (tertiary/aromatic N) is 2. The van der Waals surface area contributed by atoms with Crippen molar-refractivity contribution in [3.05, 3.63) is 35.4 Å². The average molecular weight is 474 g/mol. The number of benzene rings is 1. The SMILES string of the molecule is CCOC(=O)CNC(C(=O)N1CC[C@H]1C(=O)NCc1ccc(C(N)=NO)cc1)C1CCCCC1. The summed E-state index contributed by atoms with van der Waals surface area (Å²) in [6, 6.07) is 5.98. The molecule has 0 bridgehead atoms. The molecule has 0 aromatic heterocycles. The van der Waals surface area contributed by atoms with Gasteiger partial charge >= 0.3 is 5.97 Å². The molecule has 186 valence electrons. The lowest BCUT2D eigenvalue weighted by Gasteiger charge is -2.43. The second kappa shape index (κ2) is 12.4. The molecule has 0 radical (unpaired) electrons. The summed E-state index contributed by atoms with van der Waals surface area (Å²) in [5.41, 5.74) is 7.01. The van der Waals surface area contributed by atoms with E-state index in [2.05, 4.69) is 15.8 Å². The summed E-state index contributed by atoms with van der Waals surface area (Å²) in [4.78, 5) is 39.7. The predicted octanol–water partition coefficient (Wildman–Crippen LogP) is 1.10. The van der Waals surface area contributed by atoms with Crippen molar-refractivity contribution in [2.75, 3.05) is 19.7 Å². The van der Waals surface area contributed by atoms with Crippen LogP contribution in [-0.4, -0.2) is 65.5 Å². The van der Waals surface area contributed by atoms with Crippen molar-refractivity contribution >= 4 is 23.6 Å². The molecular formula is C24H35N5O5.